The summed E-state index contributed by atoms with van der Waals surface area (Å²) in [6.07, 6.45) is 2.85. The molecule has 0 fully saturated rings. The molecule has 0 aliphatic heterocycles. The fourth-order valence-corrected chi connectivity index (χ4v) is 2.93. The second-order valence-corrected chi connectivity index (χ2v) is 5.89. The van der Waals surface area contributed by atoms with Gasteiger partial charge in [-0.2, -0.15) is 0 Å². The molecule has 0 unspecified atom stereocenters. The van der Waals surface area contributed by atoms with Crippen LogP contribution >= 0.6 is 23.4 Å². The van der Waals surface area contributed by atoms with E-state index in [1.165, 1.54) is 10.5 Å². The highest BCUT2D eigenvalue weighted by Crippen LogP contribution is 2.34. The molecule has 1 N–H and O–H groups in total. The summed E-state index contributed by atoms with van der Waals surface area (Å²) in [7, 11) is 0. The van der Waals surface area contributed by atoms with Crippen molar-refractivity contribution in [3.8, 4) is 0 Å². The molecule has 19 heavy (non-hydrogen) atoms. The van der Waals surface area contributed by atoms with E-state index in [1.807, 2.05) is 25.1 Å². The lowest BCUT2D eigenvalue weighted by molar-refractivity contribution is 0.527. The molecule has 0 saturated carbocycles. The minimum Gasteiger partial charge on any atom is -0.468 e. The first kappa shape index (κ1) is 14.5. The highest BCUT2D eigenvalue weighted by atomic mass is 35.5. The lowest BCUT2D eigenvalue weighted by Crippen LogP contribution is -2.14. The van der Waals surface area contributed by atoms with Crippen molar-refractivity contribution < 1.29 is 4.42 Å². The highest BCUT2D eigenvalue weighted by Gasteiger charge is 2.08. The Hall–Kier alpha value is -0.900. The molecule has 0 spiro atoms. The predicted octanol–water partition coefficient (Wildman–Crippen LogP) is 4.89. The largest absolute Gasteiger partial charge is 0.468 e. The molecule has 0 aliphatic rings. The number of hydrogen-bond acceptors (Lipinski definition) is 3. The quantitative estimate of drug-likeness (QED) is 0.768. The van der Waals surface area contributed by atoms with Gasteiger partial charge in [0, 0.05) is 16.5 Å². The molecular formula is C15H18ClNOS. The average molecular weight is 296 g/mol. The smallest absolute Gasteiger partial charge is 0.114 e. The minimum absolute atomic E-state index is 0.779. The van der Waals surface area contributed by atoms with Crippen LogP contribution in [0.1, 0.15) is 24.7 Å². The van der Waals surface area contributed by atoms with E-state index < -0.39 is 0 Å². The van der Waals surface area contributed by atoms with Crippen molar-refractivity contribution >= 4 is 23.4 Å². The SMILES string of the molecule is CCCNCc1cc(Cl)ccc1Sc1ccoc1C. The Morgan fingerprint density at radius 1 is 1.26 bits per heavy atom. The second kappa shape index (κ2) is 7.04. The lowest BCUT2D eigenvalue weighted by atomic mass is 10.2. The predicted molar refractivity (Wildman–Crippen MR) is 81.0 cm³/mol. The first-order valence-corrected chi connectivity index (χ1v) is 7.61. The van der Waals surface area contributed by atoms with Crippen molar-refractivity contribution in [2.75, 3.05) is 6.54 Å². The van der Waals surface area contributed by atoms with Gasteiger partial charge in [0.1, 0.15) is 5.76 Å². The molecular weight excluding hydrogens is 278 g/mol. The third-order valence-corrected chi connectivity index (χ3v) is 4.29. The van der Waals surface area contributed by atoms with E-state index in [4.69, 9.17) is 16.0 Å². The van der Waals surface area contributed by atoms with Crippen LogP contribution < -0.4 is 5.32 Å². The Morgan fingerprint density at radius 3 is 2.79 bits per heavy atom. The Kier molecular flexibility index (Phi) is 5.37. The van der Waals surface area contributed by atoms with E-state index in [-0.39, 0.29) is 0 Å². The van der Waals surface area contributed by atoms with Gasteiger partial charge >= 0.3 is 0 Å². The van der Waals surface area contributed by atoms with Gasteiger partial charge in [0.15, 0.2) is 0 Å². The van der Waals surface area contributed by atoms with Crippen LogP contribution in [0, 0.1) is 6.92 Å². The topological polar surface area (TPSA) is 25.2 Å². The molecule has 2 aromatic rings. The van der Waals surface area contributed by atoms with Crippen molar-refractivity contribution in [3.05, 3.63) is 46.9 Å². The summed E-state index contributed by atoms with van der Waals surface area (Å²) in [5, 5.41) is 4.20. The van der Waals surface area contributed by atoms with Gasteiger partial charge in [0.25, 0.3) is 0 Å². The number of nitrogens with one attached hydrogen (secondary N) is 1. The van der Waals surface area contributed by atoms with Gasteiger partial charge in [-0.25, -0.2) is 0 Å². The second-order valence-electron chi connectivity index (χ2n) is 4.37. The Morgan fingerprint density at radius 2 is 2.11 bits per heavy atom. The molecule has 1 aromatic carbocycles. The molecule has 0 radical (unpaired) electrons. The van der Waals surface area contributed by atoms with Crippen LogP contribution in [-0.4, -0.2) is 6.54 Å². The van der Waals surface area contributed by atoms with Crippen LogP contribution in [0.4, 0.5) is 0 Å². The summed E-state index contributed by atoms with van der Waals surface area (Å²) >= 11 is 7.81. The van der Waals surface area contributed by atoms with Gasteiger partial charge in [-0.05, 0) is 49.7 Å². The van der Waals surface area contributed by atoms with Crippen LogP contribution in [0.15, 0.2) is 44.7 Å². The maximum Gasteiger partial charge on any atom is 0.114 e. The molecule has 0 atom stereocenters. The van der Waals surface area contributed by atoms with Gasteiger partial charge in [0.2, 0.25) is 0 Å². The van der Waals surface area contributed by atoms with Crippen molar-refractivity contribution in [2.45, 2.75) is 36.6 Å². The molecule has 102 valence electrons. The number of hydrogen-bond donors (Lipinski definition) is 1. The summed E-state index contributed by atoms with van der Waals surface area (Å²) in [4.78, 5) is 2.37. The van der Waals surface area contributed by atoms with E-state index in [2.05, 4.69) is 18.3 Å². The molecule has 0 saturated heterocycles. The number of benzene rings is 1. The zero-order chi connectivity index (χ0) is 13.7. The van der Waals surface area contributed by atoms with E-state index in [9.17, 15) is 0 Å². The summed E-state index contributed by atoms with van der Waals surface area (Å²) in [5.41, 5.74) is 1.23. The summed E-state index contributed by atoms with van der Waals surface area (Å²) in [5.74, 6) is 0.951. The zero-order valence-electron chi connectivity index (χ0n) is 11.2. The summed E-state index contributed by atoms with van der Waals surface area (Å²) in [6, 6.07) is 8.03. The first-order chi connectivity index (χ1) is 9.20. The third kappa shape index (κ3) is 4.03. The monoisotopic (exact) mass is 295 g/mol. The van der Waals surface area contributed by atoms with Crippen LogP contribution in [0.5, 0.6) is 0 Å². The van der Waals surface area contributed by atoms with Gasteiger partial charge in [-0.15, -0.1) is 0 Å². The lowest BCUT2D eigenvalue weighted by Gasteiger charge is -2.10. The van der Waals surface area contributed by atoms with Crippen LogP contribution in [-0.2, 0) is 6.54 Å². The Labute approximate surface area is 123 Å². The van der Waals surface area contributed by atoms with Crippen LogP contribution in [0.3, 0.4) is 0 Å². The molecule has 0 aliphatic carbocycles. The number of furan rings is 1. The molecule has 1 aromatic heterocycles. The summed E-state index contributed by atoms with van der Waals surface area (Å²) < 4.78 is 5.34. The fraction of sp³-hybridized carbons (Fsp3) is 0.333. The molecule has 4 heteroatoms. The number of halogens is 1. The van der Waals surface area contributed by atoms with Crippen molar-refractivity contribution in [3.63, 3.8) is 0 Å². The van der Waals surface area contributed by atoms with Gasteiger partial charge in [0.05, 0.1) is 11.2 Å². The zero-order valence-corrected chi connectivity index (χ0v) is 12.8. The van der Waals surface area contributed by atoms with Crippen molar-refractivity contribution in [2.24, 2.45) is 0 Å². The molecule has 0 bridgehead atoms. The van der Waals surface area contributed by atoms with E-state index >= 15 is 0 Å². The fourth-order valence-electron chi connectivity index (χ4n) is 1.78. The summed E-state index contributed by atoms with van der Waals surface area (Å²) in [6.45, 7) is 6.00. The Bertz CT molecular complexity index is 539. The first-order valence-electron chi connectivity index (χ1n) is 6.41. The van der Waals surface area contributed by atoms with Gasteiger partial charge < -0.3 is 9.73 Å². The van der Waals surface area contributed by atoms with Gasteiger partial charge in [-0.3, -0.25) is 0 Å². The van der Waals surface area contributed by atoms with E-state index in [1.54, 1.807) is 18.0 Å². The van der Waals surface area contributed by atoms with Crippen LogP contribution in [0.2, 0.25) is 5.02 Å². The van der Waals surface area contributed by atoms with E-state index in [0.717, 1.165) is 35.2 Å². The molecule has 1 heterocycles. The maximum absolute atomic E-state index is 6.09. The molecule has 0 amide bonds. The standard InChI is InChI=1S/C15H18ClNOS/c1-3-7-17-10-12-9-13(16)4-5-15(12)19-14-6-8-18-11(14)2/h4-6,8-9,17H,3,7,10H2,1-2H3. The molecule has 2 nitrogen and oxygen atoms in total. The van der Waals surface area contributed by atoms with Gasteiger partial charge in [-0.1, -0.05) is 30.3 Å². The normalized spacial score (nSPS) is 10.9. The van der Waals surface area contributed by atoms with Crippen molar-refractivity contribution in [1.29, 1.82) is 0 Å². The number of rotatable bonds is 6. The van der Waals surface area contributed by atoms with Crippen LogP contribution in [0.25, 0.3) is 0 Å². The average Bonchev–Trinajstić information content (AvgIpc) is 2.78. The molecule has 2 rings (SSSR count). The minimum atomic E-state index is 0.779. The van der Waals surface area contributed by atoms with Crippen molar-refractivity contribution in [1.82, 2.24) is 5.32 Å². The number of aryl methyl sites for hydroxylation is 1. The Balaban J connectivity index is 2.16. The highest BCUT2D eigenvalue weighted by molar-refractivity contribution is 7.99. The van der Waals surface area contributed by atoms with E-state index in [0.29, 0.717) is 0 Å². The third-order valence-electron chi connectivity index (χ3n) is 2.80. The maximum atomic E-state index is 6.09.